The maximum atomic E-state index is 12.5. The molecule has 24 heavy (non-hydrogen) atoms. The Morgan fingerprint density at radius 2 is 1.92 bits per heavy atom. The molecule has 2 fully saturated rings. The van der Waals surface area contributed by atoms with Crippen molar-refractivity contribution in [1.82, 2.24) is 0 Å². The molecule has 0 aromatic rings. The highest BCUT2D eigenvalue weighted by atomic mass is 16.3. The number of allylic oxidation sites excluding steroid dienone is 1. The summed E-state index contributed by atoms with van der Waals surface area (Å²) in [4.78, 5) is 12.5. The third-order valence-corrected chi connectivity index (χ3v) is 7.56. The smallest absolute Gasteiger partial charge is 0.134 e. The summed E-state index contributed by atoms with van der Waals surface area (Å²) >= 11 is 0. The van der Waals surface area contributed by atoms with E-state index in [4.69, 9.17) is 0 Å². The van der Waals surface area contributed by atoms with Gasteiger partial charge >= 0.3 is 0 Å². The number of ketones is 1. The highest BCUT2D eigenvalue weighted by molar-refractivity contribution is 5.81. The van der Waals surface area contributed by atoms with Crippen molar-refractivity contribution in [2.45, 2.75) is 65.4 Å². The summed E-state index contributed by atoms with van der Waals surface area (Å²) in [5, 5.41) is 29.6. The zero-order valence-electron chi connectivity index (χ0n) is 15.2. The Hall–Kier alpha value is -0.710. The van der Waals surface area contributed by atoms with Crippen LogP contribution < -0.4 is 0 Å². The molecule has 4 heteroatoms. The molecule has 0 unspecified atom stereocenters. The number of carbonyl (C=O) groups is 1. The quantitative estimate of drug-likeness (QED) is 0.692. The Labute approximate surface area is 145 Å². The van der Waals surface area contributed by atoms with Gasteiger partial charge in [-0.05, 0) is 42.9 Å². The van der Waals surface area contributed by atoms with Gasteiger partial charge < -0.3 is 15.3 Å². The standard InChI is InChI=1S/C20H32O4/c1-18(17(24)11-21)7-6-15-13(8-18)4-5-16-19(2,12-22)9-14(23)10-20(15,16)3/h8,15-17,21-22,24H,4-7,9-12H2,1-3H3/t15-,16+,17-,18-,19-,20-/m0/s1. The number of aliphatic hydroxyl groups excluding tert-OH is 3. The fraction of sp³-hybridized carbons (Fsp3) is 0.850. The van der Waals surface area contributed by atoms with Crippen LogP contribution in [0.3, 0.4) is 0 Å². The van der Waals surface area contributed by atoms with Gasteiger partial charge in [-0.2, -0.15) is 0 Å². The molecule has 3 N–H and O–H groups in total. The van der Waals surface area contributed by atoms with Crippen molar-refractivity contribution in [3.63, 3.8) is 0 Å². The molecule has 4 nitrogen and oxygen atoms in total. The largest absolute Gasteiger partial charge is 0.396 e. The number of hydrogen-bond acceptors (Lipinski definition) is 4. The van der Waals surface area contributed by atoms with Gasteiger partial charge in [0.2, 0.25) is 0 Å². The van der Waals surface area contributed by atoms with Crippen molar-refractivity contribution in [2.24, 2.45) is 28.1 Å². The topological polar surface area (TPSA) is 77.8 Å². The van der Waals surface area contributed by atoms with E-state index in [1.807, 2.05) is 6.92 Å². The molecule has 0 aliphatic heterocycles. The summed E-state index contributed by atoms with van der Waals surface area (Å²) < 4.78 is 0. The number of Topliss-reactive ketones (excluding diaryl/α,β-unsaturated/α-hetero) is 1. The minimum atomic E-state index is -0.729. The first-order valence-electron chi connectivity index (χ1n) is 9.32. The normalized spacial score (nSPS) is 46.8. The molecule has 0 bridgehead atoms. The lowest BCUT2D eigenvalue weighted by Crippen LogP contribution is -2.55. The van der Waals surface area contributed by atoms with E-state index in [0.717, 1.165) is 25.7 Å². The summed E-state index contributed by atoms with van der Waals surface area (Å²) in [6.07, 6.45) is 6.31. The number of fused-ring (bicyclic) bond motifs is 3. The average molecular weight is 336 g/mol. The molecule has 0 spiro atoms. The Kier molecular flexibility index (Phi) is 4.47. The van der Waals surface area contributed by atoms with Gasteiger partial charge in [0.05, 0.1) is 12.7 Å². The second kappa shape index (κ2) is 5.93. The molecule has 3 aliphatic carbocycles. The van der Waals surface area contributed by atoms with E-state index in [0.29, 0.717) is 24.7 Å². The molecule has 0 aromatic carbocycles. The molecule has 136 valence electrons. The van der Waals surface area contributed by atoms with Crippen LogP contribution in [0.15, 0.2) is 11.6 Å². The third-order valence-electron chi connectivity index (χ3n) is 7.56. The Balaban J connectivity index is 1.97. The van der Waals surface area contributed by atoms with Crippen LogP contribution in [0, 0.1) is 28.1 Å². The minimum absolute atomic E-state index is 0.0751. The van der Waals surface area contributed by atoms with Crippen molar-refractivity contribution in [3.8, 4) is 0 Å². The molecule has 0 saturated heterocycles. The fourth-order valence-electron chi connectivity index (χ4n) is 6.21. The van der Waals surface area contributed by atoms with Crippen LogP contribution in [-0.2, 0) is 4.79 Å². The Bertz CT molecular complexity index is 556. The van der Waals surface area contributed by atoms with Crippen LogP contribution >= 0.6 is 0 Å². The lowest BCUT2D eigenvalue weighted by atomic mass is 9.45. The van der Waals surface area contributed by atoms with E-state index >= 15 is 0 Å². The van der Waals surface area contributed by atoms with Gasteiger partial charge in [0.15, 0.2) is 0 Å². The first-order chi connectivity index (χ1) is 11.2. The fourth-order valence-corrected chi connectivity index (χ4v) is 6.21. The first-order valence-corrected chi connectivity index (χ1v) is 9.32. The van der Waals surface area contributed by atoms with Gasteiger partial charge in [-0.3, -0.25) is 4.79 Å². The van der Waals surface area contributed by atoms with Gasteiger partial charge in [-0.15, -0.1) is 0 Å². The Morgan fingerprint density at radius 3 is 2.54 bits per heavy atom. The number of rotatable bonds is 3. The number of carbonyl (C=O) groups excluding carboxylic acids is 1. The van der Waals surface area contributed by atoms with Crippen molar-refractivity contribution in [1.29, 1.82) is 0 Å². The zero-order chi connectivity index (χ0) is 17.8. The van der Waals surface area contributed by atoms with E-state index in [1.165, 1.54) is 5.57 Å². The molecule has 2 saturated carbocycles. The molecular formula is C20H32O4. The highest BCUT2D eigenvalue weighted by Gasteiger charge is 2.58. The second-order valence-electron chi connectivity index (χ2n) is 9.32. The van der Waals surface area contributed by atoms with E-state index < -0.39 is 6.10 Å². The third kappa shape index (κ3) is 2.58. The minimum Gasteiger partial charge on any atom is -0.396 e. The van der Waals surface area contributed by atoms with Crippen molar-refractivity contribution < 1.29 is 20.1 Å². The van der Waals surface area contributed by atoms with Gasteiger partial charge in [0, 0.05) is 30.3 Å². The molecule has 0 amide bonds. The molecule has 0 heterocycles. The van der Waals surface area contributed by atoms with E-state index in [1.54, 1.807) is 0 Å². The predicted molar refractivity (Wildman–Crippen MR) is 92.3 cm³/mol. The van der Waals surface area contributed by atoms with Gasteiger partial charge in [0.1, 0.15) is 5.78 Å². The summed E-state index contributed by atoms with van der Waals surface area (Å²) in [5.41, 5.74) is 0.580. The Morgan fingerprint density at radius 1 is 1.21 bits per heavy atom. The summed E-state index contributed by atoms with van der Waals surface area (Å²) in [5.74, 6) is 0.989. The van der Waals surface area contributed by atoms with Crippen LogP contribution in [0.5, 0.6) is 0 Å². The van der Waals surface area contributed by atoms with E-state index in [9.17, 15) is 20.1 Å². The maximum absolute atomic E-state index is 12.5. The highest BCUT2D eigenvalue weighted by Crippen LogP contribution is 2.63. The van der Waals surface area contributed by atoms with Crippen LogP contribution in [0.2, 0.25) is 0 Å². The van der Waals surface area contributed by atoms with Crippen molar-refractivity contribution >= 4 is 5.78 Å². The number of hydrogen-bond donors (Lipinski definition) is 3. The van der Waals surface area contributed by atoms with Crippen molar-refractivity contribution in [2.75, 3.05) is 13.2 Å². The van der Waals surface area contributed by atoms with Crippen LogP contribution in [0.1, 0.15) is 59.3 Å². The lowest BCUT2D eigenvalue weighted by molar-refractivity contribution is -0.145. The number of aliphatic hydroxyl groups is 3. The van der Waals surface area contributed by atoms with E-state index in [-0.39, 0.29) is 35.2 Å². The maximum Gasteiger partial charge on any atom is 0.134 e. The molecule has 0 radical (unpaired) electrons. The second-order valence-corrected chi connectivity index (χ2v) is 9.32. The van der Waals surface area contributed by atoms with Crippen LogP contribution in [-0.4, -0.2) is 40.4 Å². The lowest BCUT2D eigenvalue weighted by Gasteiger charge is -2.59. The van der Waals surface area contributed by atoms with Gasteiger partial charge in [0.25, 0.3) is 0 Å². The first kappa shape index (κ1) is 18.1. The van der Waals surface area contributed by atoms with Gasteiger partial charge in [-0.25, -0.2) is 0 Å². The predicted octanol–water partition coefficient (Wildman–Crippen LogP) is 2.46. The average Bonchev–Trinajstić information content (AvgIpc) is 2.52. The van der Waals surface area contributed by atoms with Crippen LogP contribution in [0.4, 0.5) is 0 Å². The molecule has 3 rings (SSSR count). The summed E-state index contributed by atoms with van der Waals surface area (Å²) in [7, 11) is 0. The van der Waals surface area contributed by atoms with Crippen LogP contribution in [0.25, 0.3) is 0 Å². The molecule has 3 aliphatic rings. The molecule has 0 aromatic heterocycles. The van der Waals surface area contributed by atoms with Crippen molar-refractivity contribution in [3.05, 3.63) is 11.6 Å². The molecular weight excluding hydrogens is 304 g/mol. The molecule has 6 atom stereocenters. The van der Waals surface area contributed by atoms with E-state index in [2.05, 4.69) is 19.9 Å². The summed E-state index contributed by atoms with van der Waals surface area (Å²) in [6, 6.07) is 0. The SMILES string of the molecule is C[C@@]1(CO)CC(=O)C[C@]2(C)[C@@H]1CCC1=C[C@@](C)([C@@H](O)CO)CC[C@@H]12. The monoisotopic (exact) mass is 336 g/mol. The summed E-state index contributed by atoms with van der Waals surface area (Å²) in [6.45, 7) is 6.20. The van der Waals surface area contributed by atoms with Gasteiger partial charge in [-0.1, -0.05) is 32.4 Å². The zero-order valence-corrected chi connectivity index (χ0v) is 15.2.